The summed E-state index contributed by atoms with van der Waals surface area (Å²) in [5, 5.41) is 11.3. The largest absolute Gasteiger partial charge is 0.480 e. The first-order chi connectivity index (χ1) is 10.4. The maximum absolute atomic E-state index is 11.9. The Morgan fingerprint density at radius 2 is 1.70 bits per heavy atom. The Labute approximate surface area is 136 Å². The van der Waals surface area contributed by atoms with Crippen molar-refractivity contribution in [2.45, 2.75) is 46.2 Å². The Morgan fingerprint density at radius 3 is 2.13 bits per heavy atom. The number of nitrogens with zero attached hydrogens (tertiary/aromatic N) is 1. The van der Waals surface area contributed by atoms with Gasteiger partial charge >= 0.3 is 5.97 Å². The second kappa shape index (κ2) is 9.46. The van der Waals surface area contributed by atoms with Gasteiger partial charge in [-0.3, -0.25) is 14.4 Å². The molecule has 0 radical (unpaired) electrons. The van der Waals surface area contributed by atoms with Gasteiger partial charge in [0.2, 0.25) is 21.8 Å². The molecule has 0 aromatic heterocycles. The highest BCUT2D eigenvalue weighted by atomic mass is 32.2. The van der Waals surface area contributed by atoms with Crippen molar-refractivity contribution in [1.29, 1.82) is 0 Å². The van der Waals surface area contributed by atoms with Gasteiger partial charge in [-0.25, -0.2) is 13.1 Å². The molecule has 0 saturated carbocycles. The zero-order valence-corrected chi connectivity index (χ0v) is 14.6. The van der Waals surface area contributed by atoms with Gasteiger partial charge in [-0.15, -0.1) is 0 Å². The Kier molecular flexibility index (Phi) is 8.77. The Hall–Kier alpha value is -1.68. The maximum atomic E-state index is 11.9. The zero-order valence-electron chi connectivity index (χ0n) is 13.8. The van der Waals surface area contributed by atoms with E-state index in [2.05, 4.69) is 10.0 Å². The van der Waals surface area contributed by atoms with Crippen LogP contribution in [0.15, 0.2) is 0 Å². The molecule has 134 valence electrons. The fourth-order valence-corrected chi connectivity index (χ4v) is 2.63. The highest BCUT2D eigenvalue weighted by Gasteiger charge is 2.22. The zero-order chi connectivity index (χ0) is 18.2. The molecule has 0 rings (SSSR count). The minimum absolute atomic E-state index is 0.107. The molecule has 0 aromatic rings. The number of carboxylic acids is 1. The number of rotatable bonds is 10. The van der Waals surface area contributed by atoms with Crippen LogP contribution in [0.4, 0.5) is 0 Å². The predicted molar refractivity (Wildman–Crippen MR) is 84.2 cm³/mol. The van der Waals surface area contributed by atoms with E-state index in [1.807, 2.05) is 0 Å². The molecule has 23 heavy (non-hydrogen) atoms. The number of hydrogen-bond acceptors (Lipinski definition) is 5. The first-order valence-corrected chi connectivity index (χ1v) is 8.87. The lowest BCUT2D eigenvalue weighted by Gasteiger charge is -2.24. The number of carbonyl (C=O) groups excluding carboxylic acids is 2. The van der Waals surface area contributed by atoms with Crippen molar-refractivity contribution in [2.24, 2.45) is 0 Å². The molecule has 0 saturated heterocycles. The van der Waals surface area contributed by atoms with Gasteiger partial charge in [0.05, 0.1) is 12.3 Å². The third-order valence-corrected chi connectivity index (χ3v) is 4.06. The number of amides is 2. The summed E-state index contributed by atoms with van der Waals surface area (Å²) >= 11 is 0. The van der Waals surface area contributed by atoms with Crippen LogP contribution in [0.25, 0.3) is 0 Å². The van der Waals surface area contributed by atoms with Crippen molar-refractivity contribution in [3.63, 3.8) is 0 Å². The number of carbonyl (C=O) groups is 3. The van der Waals surface area contributed by atoms with Crippen molar-refractivity contribution in [3.05, 3.63) is 0 Å². The van der Waals surface area contributed by atoms with E-state index in [0.717, 1.165) is 4.90 Å². The van der Waals surface area contributed by atoms with Gasteiger partial charge in [0.25, 0.3) is 0 Å². The molecule has 0 bridgehead atoms. The lowest BCUT2D eigenvalue weighted by atomic mass is 10.3. The quantitative estimate of drug-likeness (QED) is 0.469. The number of hydrogen-bond donors (Lipinski definition) is 3. The average molecular weight is 351 g/mol. The monoisotopic (exact) mass is 351 g/mol. The summed E-state index contributed by atoms with van der Waals surface area (Å²) in [4.78, 5) is 35.1. The minimum Gasteiger partial charge on any atom is -0.480 e. The number of sulfonamides is 1. The third-order valence-electron chi connectivity index (χ3n) is 2.74. The molecule has 0 fully saturated rings. The topological polar surface area (TPSA) is 133 Å². The van der Waals surface area contributed by atoms with Crippen LogP contribution < -0.4 is 10.0 Å². The van der Waals surface area contributed by atoms with E-state index in [1.165, 1.54) is 0 Å². The first-order valence-electron chi connectivity index (χ1n) is 7.22. The Bertz CT molecular complexity index is 530. The summed E-state index contributed by atoms with van der Waals surface area (Å²) in [7, 11) is -3.80. The van der Waals surface area contributed by atoms with E-state index in [1.54, 1.807) is 27.7 Å². The molecule has 0 spiro atoms. The average Bonchev–Trinajstić information content (AvgIpc) is 2.39. The van der Waals surface area contributed by atoms with Gasteiger partial charge in [0.1, 0.15) is 6.54 Å². The van der Waals surface area contributed by atoms with E-state index in [4.69, 9.17) is 5.11 Å². The number of aliphatic carboxylic acids is 1. The highest BCUT2D eigenvalue weighted by Crippen LogP contribution is 2.03. The van der Waals surface area contributed by atoms with Crippen LogP contribution in [0.2, 0.25) is 0 Å². The second-order valence-corrected chi connectivity index (χ2v) is 7.55. The maximum Gasteiger partial charge on any atom is 0.323 e. The van der Waals surface area contributed by atoms with E-state index in [0.29, 0.717) is 0 Å². The van der Waals surface area contributed by atoms with E-state index in [9.17, 15) is 22.8 Å². The summed E-state index contributed by atoms with van der Waals surface area (Å²) in [6, 6.07) is -0.463. The van der Waals surface area contributed by atoms with E-state index < -0.39 is 46.6 Å². The van der Waals surface area contributed by atoms with Crippen LogP contribution in [-0.4, -0.2) is 67.1 Å². The van der Waals surface area contributed by atoms with Gasteiger partial charge in [0.15, 0.2) is 0 Å². The van der Waals surface area contributed by atoms with Crippen LogP contribution in [0, 0.1) is 0 Å². The van der Waals surface area contributed by atoms with Crippen molar-refractivity contribution >= 4 is 27.8 Å². The summed E-state index contributed by atoms with van der Waals surface area (Å²) in [5.74, 6) is -2.72. The normalized spacial score (nSPS) is 11.6. The SMILES string of the molecule is CC(C)NC(=O)CNS(=O)(=O)CCC(=O)N(CC(=O)O)C(C)C. The molecule has 0 atom stereocenters. The van der Waals surface area contributed by atoms with Gasteiger partial charge in [0, 0.05) is 18.5 Å². The summed E-state index contributed by atoms with van der Waals surface area (Å²) < 4.78 is 25.6. The van der Waals surface area contributed by atoms with Gasteiger partial charge in [-0.2, -0.15) is 0 Å². The molecule has 0 heterocycles. The lowest BCUT2D eigenvalue weighted by Crippen LogP contribution is -2.43. The van der Waals surface area contributed by atoms with Gasteiger partial charge < -0.3 is 15.3 Å². The van der Waals surface area contributed by atoms with Crippen LogP contribution in [-0.2, 0) is 24.4 Å². The Balaban J connectivity index is 4.48. The van der Waals surface area contributed by atoms with Crippen molar-refractivity contribution < 1.29 is 27.9 Å². The van der Waals surface area contributed by atoms with Crippen LogP contribution in [0.5, 0.6) is 0 Å². The third kappa shape index (κ3) is 9.84. The van der Waals surface area contributed by atoms with Crippen LogP contribution >= 0.6 is 0 Å². The fourth-order valence-electron chi connectivity index (χ4n) is 1.69. The number of carboxylic acid groups (broad SMARTS) is 1. The van der Waals surface area contributed by atoms with Crippen LogP contribution in [0.1, 0.15) is 34.1 Å². The minimum atomic E-state index is -3.80. The highest BCUT2D eigenvalue weighted by molar-refractivity contribution is 7.89. The standard InChI is InChI=1S/C13H25N3O6S/c1-9(2)15-11(17)7-14-23(21,22)6-5-12(18)16(10(3)4)8-13(19)20/h9-10,14H,5-8H2,1-4H3,(H,15,17)(H,19,20). The van der Waals surface area contributed by atoms with E-state index >= 15 is 0 Å². The molecule has 0 aliphatic heterocycles. The summed E-state index contributed by atoms with van der Waals surface area (Å²) in [6.45, 7) is 5.88. The van der Waals surface area contributed by atoms with Crippen molar-refractivity contribution in [2.75, 3.05) is 18.8 Å². The first kappa shape index (κ1) is 21.3. The smallest absolute Gasteiger partial charge is 0.323 e. The second-order valence-electron chi connectivity index (χ2n) is 5.62. The van der Waals surface area contributed by atoms with Crippen molar-refractivity contribution in [1.82, 2.24) is 14.9 Å². The Morgan fingerprint density at radius 1 is 1.13 bits per heavy atom. The van der Waals surface area contributed by atoms with Gasteiger partial charge in [-0.1, -0.05) is 0 Å². The molecule has 9 nitrogen and oxygen atoms in total. The van der Waals surface area contributed by atoms with Crippen molar-refractivity contribution in [3.8, 4) is 0 Å². The molecule has 0 aliphatic carbocycles. The molecule has 10 heteroatoms. The number of nitrogens with one attached hydrogen (secondary N) is 2. The lowest BCUT2D eigenvalue weighted by molar-refractivity contribution is -0.145. The molecule has 2 amide bonds. The molecule has 0 aliphatic rings. The predicted octanol–water partition coefficient (Wildman–Crippen LogP) is -0.858. The van der Waals surface area contributed by atoms with E-state index in [-0.39, 0.29) is 18.5 Å². The molecule has 0 unspecified atom stereocenters. The molecular weight excluding hydrogens is 326 g/mol. The fraction of sp³-hybridized carbons (Fsp3) is 0.769. The molecule has 0 aromatic carbocycles. The van der Waals surface area contributed by atoms with Crippen LogP contribution in [0.3, 0.4) is 0 Å². The summed E-state index contributed by atoms with van der Waals surface area (Å²) in [5.41, 5.74) is 0. The summed E-state index contributed by atoms with van der Waals surface area (Å²) in [6.07, 6.45) is -0.355. The molecule has 3 N–H and O–H groups in total. The van der Waals surface area contributed by atoms with Gasteiger partial charge in [-0.05, 0) is 27.7 Å². The molecular formula is C13H25N3O6S.